The van der Waals surface area contributed by atoms with Crippen LogP contribution in [-0.2, 0) is 14.6 Å². The molecule has 0 spiro atoms. The highest BCUT2D eigenvalue weighted by Crippen LogP contribution is 2.32. The number of cyclic esters (lactones) is 1. The van der Waals surface area contributed by atoms with Crippen molar-refractivity contribution in [3.05, 3.63) is 48.0 Å². The third kappa shape index (κ3) is 3.91. The van der Waals surface area contributed by atoms with Gasteiger partial charge in [-0.05, 0) is 30.2 Å². The lowest BCUT2D eigenvalue weighted by molar-refractivity contribution is 0.104. The Bertz CT molecular complexity index is 1140. The molecule has 2 aromatic rings. The summed E-state index contributed by atoms with van der Waals surface area (Å²) in [5.74, 6) is -0.659. The second kappa shape index (κ2) is 7.87. The molecule has 0 radical (unpaired) electrons. The first-order valence-electron chi connectivity index (χ1n) is 9.28. The molecule has 30 heavy (non-hydrogen) atoms. The Morgan fingerprint density at radius 1 is 1.40 bits per heavy atom. The summed E-state index contributed by atoms with van der Waals surface area (Å²) in [5.41, 5.74) is 1.28. The van der Waals surface area contributed by atoms with Crippen LogP contribution in [0.5, 0.6) is 0 Å². The minimum absolute atomic E-state index is 0.0112. The summed E-state index contributed by atoms with van der Waals surface area (Å²) in [6.45, 7) is 0.130. The van der Waals surface area contributed by atoms with Crippen LogP contribution < -0.4 is 4.90 Å². The van der Waals surface area contributed by atoms with Gasteiger partial charge in [0.05, 0.1) is 42.4 Å². The Morgan fingerprint density at radius 3 is 2.87 bits per heavy atom. The lowest BCUT2D eigenvalue weighted by Crippen LogP contribution is -2.30. The molecule has 9 nitrogen and oxygen atoms in total. The fraction of sp³-hybridized carbons (Fsp3) is 0.368. The summed E-state index contributed by atoms with van der Waals surface area (Å²) >= 11 is 0. The van der Waals surface area contributed by atoms with Crippen LogP contribution in [0.25, 0.3) is 5.57 Å². The minimum atomic E-state index is -3.11. The number of benzene rings is 1. The van der Waals surface area contributed by atoms with E-state index in [-0.39, 0.29) is 30.9 Å². The molecule has 1 aromatic carbocycles. The fourth-order valence-electron chi connectivity index (χ4n) is 3.63. The second-order valence-electron chi connectivity index (χ2n) is 7.10. The van der Waals surface area contributed by atoms with Crippen LogP contribution in [-0.4, -0.2) is 53.7 Å². The van der Waals surface area contributed by atoms with Crippen LogP contribution in [0.2, 0.25) is 0 Å². The topological polar surface area (TPSA) is 118 Å². The van der Waals surface area contributed by atoms with Gasteiger partial charge in [-0.25, -0.2) is 22.3 Å². The van der Waals surface area contributed by atoms with E-state index in [2.05, 4.69) is 16.4 Å². The van der Waals surface area contributed by atoms with Gasteiger partial charge in [0.1, 0.15) is 18.0 Å². The lowest BCUT2D eigenvalue weighted by atomic mass is 10.0. The number of nitrogens with zero attached hydrogens (tertiary/aromatic N) is 5. The van der Waals surface area contributed by atoms with Gasteiger partial charge in [0.15, 0.2) is 9.84 Å². The number of amides is 1. The SMILES string of the molecule is N#CCC(C1CN(c2ccc(C3=CCS(=O)(=O)CC3)c(F)c2)C(=O)O1)n1ccnn1. The zero-order chi connectivity index (χ0) is 21.3. The third-order valence-electron chi connectivity index (χ3n) is 5.22. The Labute approximate surface area is 172 Å². The van der Waals surface area contributed by atoms with Crippen molar-refractivity contribution >= 4 is 27.2 Å². The van der Waals surface area contributed by atoms with Crippen LogP contribution in [0.3, 0.4) is 0 Å². The van der Waals surface area contributed by atoms with E-state index < -0.39 is 33.9 Å². The summed E-state index contributed by atoms with van der Waals surface area (Å²) in [6, 6.07) is 5.92. The molecular weight excluding hydrogens is 413 g/mol. The Kier molecular flexibility index (Phi) is 5.26. The van der Waals surface area contributed by atoms with Crippen molar-refractivity contribution in [2.45, 2.75) is 25.0 Å². The molecule has 0 N–H and O–H groups in total. The van der Waals surface area contributed by atoms with E-state index in [1.165, 1.54) is 27.9 Å². The van der Waals surface area contributed by atoms with Gasteiger partial charge in [-0.2, -0.15) is 5.26 Å². The average molecular weight is 431 g/mol. The van der Waals surface area contributed by atoms with Gasteiger partial charge >= 0.3 is 6.09 Å². The van der Waals surface area contributed by atoms with Crippen LogP contribution in [0, 0.1) is 17.1 Å². The quantitative estimate of drug-likeness (QED) is 0.711. The number of carbonyl (C=O) groups is 1. The number of halogens is 1. The van der Waals surface area contributed by atoms with E-state index in [1.54, 1.807) is 18.3 Å². The van der Waals surface area contributed by atoms with Crippen LogP contribution >= 0.6 is 0 Å². The minimum Gasteiger partial charge on any atom is -0.442 e. The first-order chi connectivity index (χ1) is 14.4. The highest BCUT2D eigenvalue weighted by atomic mass is 32.2. The van der Waals surface area contributed by atoms with Gasteiger partial charge in [-0.1, -0.05) is 11.3 Å². The zero-order valence-corrected chi connectivity index (χ0v) is 16.6. The fourth-order valence-corrected chi connectivity index (χ4v) is 4.79. The molecule has 3 heterocycles. The standard InChI is InChI=1S/C19H18FN5O4S/c20-16-11-14(1-2-15(16)13-4-9-30(27,28)10-5-13)24-12-18(29-19(24)26)17(3-6-21)25-8-7-22-23-25/h1-2,4,7-8,11,17-18H,3,5,9-10,12H2. The Morgan fingerprint density at radius 2 is 2.23 bits per heavy atom. The van der Waals surface area contributed by atoms with E-state index in [4.69, 9.17) is 10.00 Å². The summed E-state index contributed by atoms with van der Waals surface area (Å²) < 4.78 is 44.8. The van der Waals surface area contributed by atoms with Crippen molar-refractivity contribution in [1.29, 1.82) is 5.26 Å². The van der Waals surface area contributed by atoms with Crippen LogP contribution in [0.1, 0.15) is 24.4 Å². The number of hydrogen-bond donors (Lipinski definition) is 0. The Hall–Kier alpha value is -3.26. The summed E-state index contributed by atoms with van der Waals surface area (Å²) in [5, 5.41) is 16.7. The first-order valence-corrected chi connectivity index (χ1v) is 11.1. The molecule has 11 heteroatoms. The molecule has 2 aliphatic rings. The molecule has 1 aromatic heterocycles. The molecule has 1 amide bonds. The normalized spacial score (nSPS) is 21.6. The second-order valence-corrected chi connectivity index (χ2v) is 9.33. The van der Waals surface area contributed by atoms with Gasteiger partial charge in [0, 0.05) is 11.8 Å². The lowest BCUT2D eigenvalue weighted by Gasteiger charge is -2.19. The van der Waals surface area contributed by atoms with Gasteiger partial charge < -0.3 is 4.74 Å². The number of anilines is 1. The van der Waals surface area contributed by atoms with Crippen molar-refractivity contribution in [2.24, 2.45) is 0 Å². The van der Waals surface area contributed by atoms with E-state index in [1.807, 2.05) is 0 Å². The average Bonchev–Trinajstić information content (AvgIpc) is 3.36. The molecule has 0 saturated carbocycles. The molecule has 2 unspecified atom stereocenters. The number of nitriles is 1. The Balaban J connectivity index is 1.55. The predicted molar refractivity (Wildman–Crippen MR) is 105 cm³/mol. The molecule has 2 aliphatic heterocycles. The van der Waals surface area contributed by atoms with Gasteiger partial charge in [0.2, 0.25) is 0 Å². The summed E-state index contributed by atoms with van der Waals surface area (Å²) in [4.78, 5) is 13.7. The maximum Gasteiger partial charge on any atom is 0.414 e. The largest absolute Gasteiger partial charge is 0.442 e. The van der Waals surface area contributed by atoms with E-state index >= 15 is 0 Å². The molecule has 2 atom stereocenters. The number of sulfone groups is 1. The summed E-state index contributed by atoms with van der Waals surface area (Å²) in [7, 11) is -3.11. The predicted octanol–water partition coefficient (Wildman–Crippen LogP) is 2.10. The highest BCUT2D eigenvalue weighted by Gasteiger charge is 2.39. The van der Waals surface area contributed by atoms with Crippen molar-refractivity contribution < 1.29 is 22.3 Å². The summed E-state index contributed by atoms with van der Waals surface area (Å²) in [6.07, 6.45) is 3.62. The third-order valence-corrected chi connectivity index (χ3v) is 6.72. The number of aromatic nitrogens is 3. The molecule has 4 rings (SSSR count). The van der Waals surface area contributed by atoms with E-state index in [0.717, 1.165) is 0 Å². The van der Waals surface area contributed by atoms with Gasteiger partial charge in [-0.15, -0.1) is 5.10 Å². The molecule has 1 saturated heterocycles. The van der Waals surface area contributed by atoms with Crippen LogP contribution in [0.15, 0.2) is 36.7 Å². The van der Waals surface area contributed by atoms with Crippen molar-refractivity contribution in [3.8, 4) is 6.07 Å². The molecule has 156 valence electrons. The number of hydrogen-bond acceptors (Lipinski definition) is 7. The molecule has 0 aliphatic carbocycles. The number of carbonyl (C=O) groups excluding carboxylic acids is 1. The molecule has 1 fully saturated rings. The maximum atomic E-state index is 14.8. The molecule has 0 bridgehead atoms. The van der Waals surface area contributed by atoms with Crippen molar-refractivity contribution in [1.82, 2.24) is 15.0 Å². The smallest absolute Gasteiger partial charge is 0.414 e. The van der Waals surface area contributed by atoms with Gasteiger partial charge in [-0.3, -0.25) is 4.90 Å². The number of allylic oxidation sites excluding steroid dienone is 1. The van der Waals surface area contributed by atoms with E-state index in [0.29, 0.717) is 16.8 Å². The van der Waals surface area contributed by atoms with E-state index in [9.17, 15) is 17.6 Å². The first kappa shape index (κ1) is 20.0. The van der Waals surface area contributed by atoms with Crippen molar-refractivity contribution in [2.75, 3.05) is 23.0 Å². The monoisotopic (exact) mass is 431 g/mol. The zero-order valence-electron chi connectivity index (χ0n) is 15.8. The number of rotatable bonds is 5. The van der Waals surface area contributed by atoms with Crippen LogP contribution in [0.4, 0.5) is 14.9 Å². The van der Waals surface area contributed by atoms with Gasteiger partial charge in [0.25, 0.3) is 0 Å². The highest BCUT2D eigenvalue weighted by molar-refractivity contribution is 7.91. The molecular formula is C19H18FN5O4S. The number of ether oxygens (including phenoxy) is 1. The maximum absolute atomic E-state index is 14.8. The van der Waals surface area contributed by atoms with Crippen molar-refractivity contribution in [3.63, 3.8) is 0 Å².